The minimum Gasteiger partial charge on any atom is -0.491 e. The van der Waals surface area contributed by atoms with E-state index in [-0.39, 0.29) is 12.0 Å². The average molecular weight is 312 g/mol. The summed E-state index contributed by atoms with van der Waals surface area (Å²) < 4.78 is 5.58. The first kappa shape index (κ1) is 16.9. The molecule has 4 heteroatoms. The number of anilines is 2. The fourth-order valence-electron chi connectivity index (χ4n) is 2.19. The van der Waals surface area contributed by atoms with Crippen LogP contribution in [0.2, 0.25) is 0 Å². The molecule has 0 aromatic heterocycles. The fourth-order valence-corrected chi connectivity index (χ4v) is 2.19. The minimum absolute atomic E-state index is 0.0105. The summed E-state index contributed by atoms with van der Waals surface area (Å²) in [5, 5.41) is 6.17. The Bertz CT molecular complexity index is 636. The van der Waals surface area contributed by atoms with Crippen LogP contribution in [0, 0.1) is 6.92 Å². The van der Waals surface area contributed by atoms with Crippen molar-refractivity contribution in [3.05, 3.63) is 54.1 Å². The van der Waals surface area contributed by atoms with Crippen LogP contribution in [0.4, 0.5) is 11.4 Å². The average Bonchev–Trinajstić information content (AvgIpc) is 2.51. The molecule has 0 saturated heterocycles. The van der Waals surface area contributed by atoms with Crippen molar-refractivity contribution in [1.29, 1.82) is 0 Å². The van der Waals surface area contributed by atoms with Crippen LogP contribution in [-0.4, -0.2) is 18.6 Å². The van der Waals surface area contributed by atoms with E-state index in [1.54, 1.807) is 0 Å². The Morgan fingerprint density at radius 1 is 1.09 bits per heavy atom. The molecule has 0 unspecified atom stereocenters. The van der Waals surface area contributed by atoms with Crippen LogP contribution in [0.5, 0.6) is 5.75 Å². The van der Waals surface area contributed by atoms with Crippen LogP contribution < -0.4 is 15.4 Å². The Balaban J connectivity index is 1.77. The van der Waals surface area contributed by atoms with Gasteiger partial charge in [0.2, 0.25) is 5.91 Å². The lowest BCUT2D eigenvalue weighted by Gasteiger charge is -2.11. The molecule has 2 N–H and O–H groups in total. The number of amides is 1. The van der Waals surface area contributed by atoms with Gasteiger partial charge in [-0.2, -0.15) is 0 Å². The quantitative estimate of drug-likeness (QED) is 0.804. The van der Waals surface area contributed by atoms with E-state index >= 15 is 0 Å². The second kappa shape index (κ2) is 8.22. The topological polar surface area (TPSA) is 50.4 Å². The minimum atomic E-state index is -0.0105. The Kier molecular flexibility index (Phi) is 6.03. The maximum Gasteiger partial charge on any atom is 0.226 e. The molecule has 0 aliphatic rings. The van der Waals surface area contributed by atoms with Gasteiger partial charge in [0.1, 0.15) is 5.75 Å². The lowest BCUT2D eigenvalue weighted by molar-refractivity contribution is -0.115. The predicted octanol–water partition coefficient (Wildman–Crippen LogP) is 4.22. The van der Waals surface area contributed by atoms with Gasteiger partial charge in [0.05, 0.1) is 6.10 Å². The van der Waals surface area contributed by atoms with Crippen LogP contribution in [0.25, 0.3) is 0 Å². The normalized spacial score (nSPS) is 10.4. The lowest BCUT2D eigenvalue weighted by Crippen LogP contribution is -2.16. The second-order valence-electron chi connectivity index (χ2n) is 5.73. The Morgan fingerprint density at radius 3 is 2.43 bits per heavy atom. The number of ether oxygens (including phenoxy) is 1. The van der Waals surface area contributed by atoms with Gasteiger partial charge >= 0.3 is 0 Å². The van der Waals surface area contributed by atoms with Gasteiger partial charge in [-0.05, 0) is 56.7 Å². The number of benzene rings is 2. The smallest absolute Gasteiger partial charge is 0.226 e. The van der Waals surface area contributed by atoms with Gasteiger partial charge in [0, 0.05) is 24.3 Å². The molecule has 1 amide bonds. The second-order valence-corrected chi connectivity index (χ2v) is 5.73. The van der Waals surface area contributed by atoms with Crippen LogP contribution >= 0.6 is 0 Å². The van der Waals surface area contributed by atoms with Crippen LogP contribution in [0.1, 0.15) is 25.8 Å². The number of rotatable bonds is 7. The van der Waals surface area contributed by atoms with Gasteiger partial charge in [-0.3, -0.25) is 4.79 Å². The molecule has 2 rings (SSSR count). The number of nitrogens with one attached hydrogen (secondary N) is 2. The molecule has 0 heterocycles. The van der Waals surface area contributed by atoms with E-state index < -0.39 is 0 Å². The van der Waals surface area contributed by atoms with Gasteiger partial charge in [0.25, 0.3) is 0 Å². The van der Waals surface area contributed by atoms with Gasteiger partial charge in [-0.1, -0.05) is 18.2 Å². The highest BCUT2D eigenvalue weighted by Gasteiger charge is 2.04. The van der Waals surface area contributed by atoms with Crippen molar-refractivity contribution >= 4 is 17.3 Å². The molecule has 0 aliphatic carbocycles. The highest BCUT2D eigenvalue weighted by atomic mass is 16.5. The zero-order valence-corrected chi connectivity index (χ0v) is 13.9. The molecular weight excluding hydrogens is 288 g/mol. The number of carbonyl (C=O) groups excluding carboxylic acids is 1. The first-order valence-electron chi connectivity index (χ1n) is 7.90. The maximum atomic E-state index is 12.0. The molecule has 2 aromatic rings. The van der Waals surface area contributed by atoms with Gasteiger partial charge in [-0.15, -0.1) is 0 Å². The van der Waals surface area contributed by atoms with Crippen molar-refractivity contribution < 1.29 is 9.53 Å². The number of carbonyl (C=O) groups is 1. The van der Waals surface area contributed by atoms with E-state index in [1.807, 2.05) is 69.3 Å². The molecule has 0 aliphatic heterocycles. The third kappa shape index (κ3) is 5.66. The number of para-hydroxylation sites is 1. The van der Waals surface area contributed by atoms with Crippen molar-refractivity contribution in [2.24, 2.45) is 0 Å². The highest BCUT2D eigenvalue weighted by molar-refractivity contribution is 5.91. The molecule has 122 valence electrons. The van der Waals surface area contributed by atoms with E-state index in [4.69, 9.17) is 4.74 Å². The lowest BCUT2D eigenvalue weighted by atomic mass is 10.2. The Labute approximate surface area is 137 Å². The van der Waals surface area contributed by atoms with E-state index in [0.29, 0.717) is 13.0 Å². The molecule has 0 spiro atoms. The molecule has 0 radical (unpaired) electrons. The molecule has 0 atom stereocenters. The molecule has 2 aromatic carbocycles. The van der Waals surface area contributed by atoms with Crippen LogP contribution in [0.3, 0.4) is 0 Å². The molecule has 0 fully saturated rings. The highest BCUT2D eigenvalue weighted by Crippen LogP contribution is 2.17. The van der Waals surface area contributed by atoms with Crippen molar-refractivity contribution in [1.82, 2.24) is 0 Å². The maximum absolute atomic E-state index is 12.0. The van der Waals surface area contributed by atoms with E-state index in [1.165, 1.54) is 5.56 Å². The van der Waals surface area contributed by atoms with Crippen molar-refractivity contribution in [3.63, 3.8) is 0 Å². The summed E-state index contributed by atoms with van der Waals surface area (Å²) in [4.78, 5) is 12.0. The third-order valence-corrected chi connectivity index (χ3v) is 3.32. The summed E-state index contributed by atoms with van der Waals surface area (Å²) in [7, 11) is 0. The summed E-state index contributed by atoms with van der Waals surface area (Å²) in [5.74, 6) is 0.794. The zero-order chi connectivity index (χ0) is 16.7. The molecule has 0 saturated carbocycles. The SMILES string of the molecule is Cc1ccccc1NCCC(=O)Nc1ccc(OC(C)C)cc1. The van der Waals surface area contributed by atoms with Crippen molar-refractivity contribution in [3.8, 4) is 5.75 Å². The molecule has 0 bridgehead atoms. The summed E-state index contributed by atoms with van der Waals surface area (Å²) in [6, 6.07) is 15.5. The molecule has 4 nitrogen and oxygen atoms in total. The summed E-state index contributed by atoms with van der Waals surface area (Å²) in [6.45, 7) is 6.61. The van der Waals surface area contributed by atoms with Gasteiger partial charge in [-0.25, -0.2) is 0 Å². The van der Waals surface area contributed by atoms with E-state index in [2.05, 4.69) is 10.6 Å². The predicted molar refractivity (Wildman–Crippen MR) is 95.1 cm³/mol. The number of hydrogen-bond acceptors (Lipinski definition) is 3. The monoisotopic (exact) mass is 312 g/mol. The van der Waals surface area contributed by atoms with Crippen molar-refractivity contribution in [2.75, 3.05) is 17.2 Å². The first-order valence-corrected chi connectivity index (χ1v) is 7.90. The van der Waals surface area contributed by atoms with E-state index in [9.17, 15) is 4.79 Å². The van der Waals surface area contributed by atoms with E-state index in [0.717, 1.165) is 17.1 Å². The van der Waals surface area contributed by atoms with Gasteiger partial charge < -0.3 is 15.4 Å². The summed E-state index contributed by atoms with van der Waals surface area (Å²) >= 11 is 0. The fraction of sp³-hybridized carbons (Fsp3) is 0.316. The van der Waals surface area contributed by atoms with Gasteiger partial charge in [0.15, 0.2) is 0 Å². The standard InChI is InChI=1S/C19H24N2O2/c1-14(2)23-17-10-8-16(9-11-17)21-19(22)12-13-20-18-7-5-4-6-15(18)3/h4-11,14,20H,12-13H2,1-3H3,(H,21,22). The molecular formula is C19H24N2O2. The first-order chi connectivity index (χ1) is 11.0. The van der Waals surface area contributed by atoms with Crippen LogP contribution in [-0.2, 0) is 4.79 Å². The summed E-state index contributed by atoms with van der Waals surface area (Å²) in [6.07, 6.45) is 0.557. The number of aryl methyl sites for hydroxylation is 1. The third-order valence-electron chi connectivity index (χ3n) is 3.32. The van der Waals surface area contributed by atoms with Crippen LogP contribution in [0.15, 0.2) is 48.5 Å². The Morgan fingerprint density at radius 2 is 1.78 bits per heavy atom. The Hall–Kier alpha value is -2.49. The largest absolute Gasteiger partial charge is 0.491 e. The zero-order valence-electron chi connectivity index (χ0n) is 13.9. The summed E-state index contributed by atoms with van der Waals surface area (Å²) in [5.41, 5.74) is 3.02. The van der Waals surface area contributed by atoms with Crippen molar-refractivity contribution in [2.45, 2.75) is 33.3 Å². The molecule has 23 heavy (non-hydrogen) atoms. The number of hydrogen-bond donors (Lipinski definition) is 2.